The van der Waals surface area contributed by atoms with Crippen molar-refractivity contribution in [2.24, 2.45) is 11.8 Å². The van der Waals surface area contributed by atoms with Crippen LogP contribution in [0.4, 0.5) is 0 Å². The number of carbonyl (C=O) groups is 2. The van der Waals surface area contributed by atoms with E-state index < -0.39 is 5.92 Å². The van der Waals surface area contributed by atoms with Crippen LogP contribution in [0, 0.1) is 11.8 Å². The summed E-state index contributed by atoms with van der Waals surface area (Å²) < 4.78 is 6.85. The second-order valence-corrected chi connectivity index (χ2v) is 9.81. The van der Waals surface area contributed by atoms with Gasteiger partial charge in [0.05, 0.1) is 9.72 Å². The van der Waals surface area contributed by atoms with Crippen LogP contribution in [0.2, 0.25) is 10.0 Å². The zero-order valence-electron chi connectivity index (χ0n) is 16.3. The third-order valence-corrected chi connectivity index (χ3v) is 7.60. The van der Waals surface area contributed by atoms with Gasteiger partial charge in [-0.2, -0.15) is 0 Å². The van der Waals surface area contributed by atoms with E-state index in [0.717, 1.165) is 41.5 Å². The van der Waals surface area contributed by atoms with E-state index >= 15 is 0 Å². The number of ether oxygens (including phenoxy) is 1. The first-order valence-corrected chi connectivity index (χ1v) is 11.7. The highest BCUT2D eigenvalue weighted by Gasteiger charge is 2.47. The summed E-state index contributed by atoms with van der Waals surface area (Å²) in [5, 5.41) is 1.45. The van der Waals surface area contributed by atoms with Crippen molar-refractivity contribution >= 4 is 56.3 Å². The van der Waals surface area contributed by atoms with E-state index in [-0.39, 0.29) is 23.4 Å². The Labute approximate surface area is 188 Å². The number of Topliss-reactive ketones (excluding diaryl/α,β-unsaturated/α-hetero) is 2. The molecule has 5 rings (SSSR count). The lowest BCUT2D eigenvalue weighted by Crippen LogP contribution is -2.35. The Bertz CT molecular complexity index is 1170. The fourth-order valence-corrected chi connectivity index (χ4v) is 6.28. The van der Waals surface area contributed by atoms with Crippen LogP contribution in [-0.2, 0) is 16.0 Å². The molecule has 0 spiro atoms. The monoisotopic (exact) mass is 459 g/mol. The van der Waals surface area contributed by atoms with Gasteiger partial charge in [-0.25, -0.2) is 4.98 Å². The van der Waals surface area contributed by atoms with Crippen molar-refractivity contribution in [3.8, 4) is 10.9 Å². The van der Waals surface area contributed by atoms with Gasteiger partial charge in [-0.05, 0) is 61.1 Å². The number of rotatable bonds is 4. The molecule has 2 bridgehead atoms. The average Bonchev–Trinajstić information content (AvgIpc) is 3.33. The van der Waals surface area contributed by atoms with Crippen LogP contribution in [0.3, 0.4) is 0 Å². The number of benzene rings is 2. The third kappa shape index (κ3) is 3.33. The first-order valence-electron chi connectivity index (χ1n) is 10.1. The van der Waals surface area contributed by atoms with Crippen molar-refractivity contribution in [1.82, 2.24) is 4.98 Å². The SMILES string of the molecule is CCc1ccc(Oc2nc3c(Cl)cc(Cl)cc3s2)cc1C1C(=O)C2CCC(C2)C1=O. The van der Waals surface area contributed by atoms with Gasteiger partial charge in [-0.3, -0.25) is 9.59 Å². The molecule has 0 N–H and O–H groups in total. The average molecular weight is 460 g/mol. The van der Waals surface area contributed by atoms with E-state index in [9.17, 15) is 9.59 Å². The molecule has 30 heavy (non-hydrogen) atoms. The maximum absolute atomic E-state index is 13.0. The Morgan fingerprint density at radius 1 is 1.10 bits per heavy atom. The molecule has 2 fully saturated rings. The molecule has 0 aliphatic heterocycles. The summed E-state index contributed by atoms with van der Waals surface area (Å²) in [5.41, 5.74) is 2.43. The number of carbonyl (C=O) groups excluding carboxylic acids is 2. The van der Waals surface area contributed by atoms with E-state index in [4.69, 9.17) is 27.9 Å². The lowest BCUT2D eigenvalue weighted by Gasteiger charge is -2.27. The highest BCUT2D eigenvalue weighted by Crippen LogP contribution is 2.45. The molecule has 2 aromatic carbocycles. The topological polar surface area (TPSA) is 56.3 Å². The lowest BCUT2D eigenvalue weighted by atomic mass is 9.74. The van der Waals surface area contributed by atoms with Gasteiger partial charge in [0.1, 0.15) is 17.2 Å². The Morgan fingerprint density at radius 2 is 1.83 bits per heavy atom. The Morgan fingerprint density at radius 3 is 2.53 bits per heavy atom. The quantitative estimate of drug-likeness (QED) is 0.411. The smallest absolute Gasteiger partial charge is 0.279 e. The Kier molecular flexibility index (Phi) is 5.08. The van der Waals surface area contributed by atoms with Crippen LogP contribution in [0.25, 0.3) is 10.2 Å². The minimum absolute atomic E-state index is 0.0168. The maximum Gasteiger partial charge on any atom is 0.279 e. The zero-order chi connectivity index (χ0) is 21.0. The summed E-state index contributed by atoms with van der Waals surface area (Å²) in [7, 11) is 0. The number of halogens is 2. The van der Waals surface area contributed by atoms with Crippen molar-refractivity contribution in [3.63, 3.8) is 0 Å². The summed E-state index contributed by atoms with van der Waals surface area (Å²) in [5.74, 6) is 0.0654. The molecule has 1 aromatic heterocycles. The van der Waals surface area contributed by atoms with E-state index in [1.165, 1.54) is 11.3 Å². The fraction of sp³-hybridized carbons (Fsp3) is 0.348. The largest absolute Gasteiger partial charge is 0.431 e. The van der Waals surface area contributed by atoms with Gasteiger partial charge < -0.3 is 4.74 Å². The molecule has 2 saturated carbocycles. The minimum Gasteiger partial charge on any atom is -0.431 e. The summed E-state index contributed by atoms with van der Waals surface area (Å²) in [6.45, 7) is 2.03. The normalized spacial score (nSPS) is 23.4. The molecule has 0 amide bonds. The molecule has 2 aliphatic rings. The molecule has 1 heterocycles. The molecule has 2 aliphatic carbocycles. The number of aryl methyl sites for hydroxylation is 1. The maximum atomic E-state index is 13.0. The van der Waals surface area contributed by atoms with Gasteiger partial charge in [0.2, 0.25) is 0 Å². The van der Waals surface area contributed by atoms with Gasteiger partial charge >= 0.3 is 0 Å². The fourth-order valence-electron chi connectivity index (χ4n) is 4.73. The number of nitrogens with zero attached hydrogens (tertiary/aromatic N) is 1. The highest BCUT2D eigenvalue weighted by molar-refractivity contribution is 7.20. The molecular weight excluding hydrogens is 441 g/mol. The van der Waals surface area contributed by atoms with E-state index in [1.807, 2.05) is 25.1 Å². The van der Waals surface area contributed by atoms with Crippen LogP contribution < -0.4 is 4.74 Å². The molecule has 0 radical (unpaired) electrons. The predicted molar refractivity (Wildman–Crippen MR) is 119 cm³/mol. The predicted octanol–water partition coefficient (Wildman–Crippen LogP) is 6.61. The highest BCUT2D eigenvalue weighted by atomic mass is 35.5. The summed E-state index contributed by atoms with van der Waals surface area (Å²) in [6, 6.07) is 9.09. The number of hydrogen-bond acceptors (Lipinski definition) is 5. The van der Waals surface area contributed by atoms with Gasteiger partial charge in [0, 0.05) is 16.9 Å². The number of ketones is 2. The van der Waals surface area contributed by atoms with Gasteiger partial charge in [0.25, 0.3) is 5.19 Å². The molecule has 4 nitrogen and oxygen atoms in total. The van der Waals surface area contributed by atoms with Crippen LogP contribution in [0.1, 0.15) is 43.2 Å². The summed E-state index contributed by atoms with van der Waals surface area (Å²) in [6.07, 6.45) is 3.13. The summed E-state index contributed by atoms with van der Waals surface area (Å²) >= 11 is 13.7. The van der Waals surface area contributed by atoms with Crippen molar-refractivity contribution in [1.29, 1.82) is 0 Å². The molecule has 154 valence electrons. The van der Waals surface area contributed by atoms with Crippen molar-refractivity contribution in [2.75, 3.05) is 0 Å². The molecule has 7 heteroatoms. The molecule has 2 atom stereocenters. The lowest BCUT2D eigenvalue weighted by molar-refractivity contribution is -0.135. The Balaban J connectivity index is 1.51. The van der Waals surface area contributed by atoms with Gasteiger partial charge in [-0.15, -0.1) is 0 Å². The minimum atomic E-state index is -0.668. The second kappa shape index (κ2) is 7.63. The van der Waals surface area contributed by atoms with Gasteiger partial charge in [0.15, 0.2) is 11.6 Å². The number of thiazole rings is 1. The third-order valence-electron chi connectivity index (χ3n) is 6.21. The van der Waals surface area contributed by atoms with Crippen LogP contribution in [-0.4, -0.2) is 16.6 Å². The molecule has 3 aromatic rings. The second-order valence-electron chi connectivity index (χ2n) is 7.98. The first-order chi connectivity index (χ1) is 14.4. The Hall–Kier alpha value is -1.95. The summed E-state index contributed by atoms with van der Waals surface area (Å²) in [4.78, 5) is 30.5. The van der Waals surface area contributed by atoms with Crippen LogP contribution in [0.15, 0.2) is 30.3 Å². The first kappa shape index (κ1) is 20.0. The number of aromatic nitrogens is 1. The van der Waals surface area contributed by atoms with E-state index in [1.54, 1.807) is 12.1 Å². The number of hydrogen-bond donors (Lipinski definition) is 0. The number of fused-ring (bicyclic) bond motifs is 3. The van der Waals surface area contributed by atoms with Crippen molar-refractivity contribution in [2.45, 2.75) is 38.5 Å². The van der Waals surface area contributed by atoms with Crippen molar-refractivity contribution < 1.29 is 14.3 Å². The van der Waals surface area contributed by atoms with Crippen LogP contribution in [0.5, 0.6) is 10.9 Å². The molecule has 2 unspecified atom stereocenters. The standard InChI is InChI=1S/C23H19Cl2NO3S/c1-2-11-5-6-15(29-23-26-20-17(25)8-14(24)9-18(20)30-23)10-16(11)19-21(27)12-3-4-13(7-12)22(19)28/h5-6,8-10,12-13,19H,2-4,7H2,1H3. The van der Waals surface area contributed by atoms with Crippen LogP contribution >= 0.6 is 34.5 Å². The molecular formula is C23H19Cl2NO3S. The van der Waals surface area contributed by atoms with Gasteiger partial charge in [-0.1, -0.05) is 47.5 Å². The molecule has 0 saturated heterocycles. The van der Waals surface area contributed by atoms with E-state index in [0.29, 0.717) is 26.5 Å². The van der Waals surface area contributed by atoms with E-state index in [2.05, 4.69) is 4.98 Å². The van der Waals surface area contributed by atoms with Crippen molar-refractivity contribution in [3.05, 3.63) is 51.5 Å². The zero-order valence-corrected chi connectivity index (χ0v) is 18.6.